The number of esters is 1. The summed E-state index contributed by atoms with van der Waals surface area (Å²) in [6.07, 6.45) is 0. The first-order valence-electron chi connectivity index (χ1n) is 12.9. The Morgan fingerprint density at radius 3 is 2.08 bits per heavy atom. The molecule has 0 aliphatic carbocycles. The topological polar surface area (TPSA) is 74.2 Å². The average Bonchev–Trinajstić information content (AvgIpc) is 2.95. The minimum absolute atomic E-state index is 0.114. The van der Waals surface area contributed by atoms with Crippen LogP contribution in [0.2, 0.25) is 0 Å². The van der Waals surface area contributed by atoms with Crippen molar-refractivity contribution in [2.45, 2.75) is 19.0 Å². The maximum Gasteiger partial charge on any atom is 0.321 e. The number of amides is 1. The molecule has 0 aromatic heterocycles. The Hall–Kier alpha value is -4.04. The van der Waals surface area contributed by atoms with Gasteiger partial charge in [0.25, 0.3) is 0 Å². The number of guanidine groups is 1. The monoisotopic (exact) mass is 514 g/mol. The Bertz CT molecular complexity index is 1240. The molecule has 38 heavy (non-hydrogen) atoms. The van der Waals surface area contributed by atoms with Gasteiger partial charge in [0.1, 0.15) is 11.9 Å². The lowest BCUT2D eigenvalue weighted by Gasteiger charge is -2.42. The molecular weight excluding hydrogens is 483 g/mol. The van der Waals surface area contributed by atoms with Crippen molar-refractivity contribution >= 4 is 17.8 Å². The lowest BCUT2D eigenvalue weighted by atomic mass is 9.91. The fourth-order valence-corrected chi connectivity index (χ4v) is 5.20. The number of benzene rings is 3. The molecule has 1 saturated heterocycles. The second-order valence-electron chi connectivity index (χ2n) is 9.41. The molecule has 1 fully saturated rings. The zero-order valence-electron chi connectivity index (χ0n) is 21.3. The number of aliphatic imine (C=N–C) groups is 1. The first-order chi connectivity index (χ1) is 18.5. The molecule has 5 rings (SSSR count). The number of hydrogen-bond acceptors (Lipinski definition) is 6. The van der Waals surface area contributed by atoms with Crippen LogP contribution in [0.4, 0.5) is 4.39 Å². The van der Waals surface area contributed by atoms with Gasteiger partial charge in [0.2, 0.25) is 11.9 Å². The third-order valence-electron chi connectivity index (χ3n) is 7.06. The number of piperazine rings is 1. The van der Waals surface area contributed by atoms with Crippen molar-refractivity contribution in [3.63, 3.8) is 0 Å². The van der Waals surface area contributed by atoms with Gasteiger partial charge in [-0.15, -0.1) is 0 Å². The molecule has 7 nitrogen and oxygen atoms in total. The van der Waals surface area contributed by atoms with Gasteiger partial charge in [0.05, 0.1) is 12.6 Å². The van der Waals surface area contributed by atoms with Crippen LogP contribution in [0.1, 0.15) is 35.7 Å². The number of carbonyl (C=O) groups is 2. The highest BCUT2D eigenvalue weighted by atomic mass is 19.1. The van der Waals surface area contributed by atoms with E-state index >= 15 is 0 Å². The van der Waals surface area contributed by atoms with Gasteiger partial charge in [-0.2, -0.15) is 0 Å². The van der Waals surface area contributed by atoms with Crippen molar-refractivity contribution in [3.05, 3.63) is 107 Å². The molecule has 0 unspecified atom stereocenters. The number of halogens is 1. The minimum atomic E-state index is -1.13. The summed E-state index contributed by atoms with van der Waals surface area (Å²) in [6.45, 7) is 4.65. The second-order valence-corrected chi connectivity index (χ2v) is 9.41. The molecule has 0 saturated carbocycles. The van der Waals surface area contributed by atoms with Crippen molar-refractivity contribution < 1.29 is 18.7 Å². The van der Waals surface area contributed by atoms with Gasteiger partial charge in [0, 0.05) is 26.2 Å². The summed E-state index contributed by atoms with van der Waals surface area (Å²) in [5.74, 6) is -2.20. The normalized spacial score (nSPS) is 20.1. The van der Waals surface area contributed by atoms with Crippen molar-refractivity contribution in [2.24, 2.45) is 10.9 Å². The van der Waals surface area contributed by atoms with E-state index in [-0.39, 0.29) is 12.6 Å². The van der Waals surface area contributed by atoms with Gasteiger partial charge in [-0.3, -0.25) is 19.8 Å². The van der Waals surface area contributed by atoms with Crippen molar-refractivity contribution in [1.29, 1.82) is 0 Å². The van der Waals surface area contributed by atoms with E-state index in [9.17, 15) is 14.0 Å². The van der Waals surface area contributed by atoms with Gasteiger partial charge >= 0.3 is 5.97 Å². The highest BCUT2D eigenvalue weighted by molar-refractivity contribution is 6.08. The Balaban J connectivity index is 1.38. The molecule has 0 radical (unpaired) electrons. The lowest BCUT2D eigenvalue weighted by Crippen LogP contribution is -2.57. The van der Waals surface area contributed by atoms with Crippen molar-refractivity contribution in [2.75, 3.05) is 32.8 Å². The Morgan fingerprint density at radius 2 is 1.53 bits per heavy atom. The fourth-order valence-electron chi connectivity index (χ4n) is 5.20. The molecule has 0 spiro atoms. The molecule has 3 aromatic carbocycles. The van der Waals surface area contributed by atoms with Gasteiger partial charge in [-0.1, -0.05) is 72.8 Å². The summed E-state index contributed by atoms with van der Waals surface area (Å²) in [5.41, 5.74) is 3.04. The van der Waals surface area contributed by atoms with E-state index in [2.05, 4.69) is 58.7 Å². The molecule has 0 bridgehead atoms. The first kappa shape index (κ1) is 25.6. The summed E-state index contributed by atoms with van der Waals surface area (Å²) in [5, 5.41) is 2.84. The molecule has 196 valence electrons. The van der Waals surface area contributed by atoms with E-state index in [1.54, 1.807) is 19.1 Å². The maximum absolute atomic E-state index is 13.6. The quantitative estimate of drug-likeness (QED) is 0.399. The third-order valence-corrected chi connectivity index (χ3v) is 7.06. The van der Waals surface area contributed by atoms with Crippen LogP contribution < -0.4 is 5.32 Å². The molecule has 2 atom stereocenters. The second kappa shape index (κ2) is 11.6. The number of carbonyl (C=O) groups excluding carboxylic acids is 2. The van der Waals surface area contributed by atoms with Crippen LogP contribution in [0, 0.1) is 11.7 Å². The summed E-state index contributed by atoms with van der Waals surface area (Å²) in [4.78, 5) is 35.1. The molecule has 3 aromatic rings. The van der Waals surface area contributed by atoms with Gasteiger partial charge in [-0.05, 0) is 35.7 Å². The first-order valence-corrected chi connectivity index (χ1v) is 12.9. The number of rotatable bonds is 6. The van der Waals surface area contributed by atoms with Crippen LogP contribution in [0.5, 0.6) is 0 Å². The van der Waals surface area contributed by atoms with Crippen LogP contribution in [0.25, 0.3) is 0 Å². The molecule has 2 heterocycles. The number of nitrogens with one attached hydrogen (secondary N) is 1. The summed E-state index contributed by atoms with van der Waals surface area (Å²) in [7, 11) is 0. The van der Waals surface area contributed by atoms with E-state index in [1.807, 2.05) is 17.0 Å². The Kier molecular flexibility index (Phi) is 7.79. The molecule has 2 aliphatic heterocycles. The summed E-state index contributed by atoms with van der Waals surface area (Å²) >= 11 is 0. The SMILES string of the molecule is CCOC(=O)[C@@H]1C(=O)NC(N2CCN(C(c3ccccc3)c3ccccc3)CC2)=N[C@@H]1c1ccc(F)cc1. The van der Waals surface area contributed by atoms with Crippen molar-refractivity contribution in [3.8, 4) is 0 Å². The summed E-state index contributed by atoms with van der Waals surface area (Å²) in [6, 6.07) is 26.0. The van der Waals surface area contributed by atoms with Crippen LogP contribution >= 0.6 is 0 Å². The fraction of sp³-hybridized carbons (Fsp3) is 0.300. The van der Waals surface area contributed by atoms with Gasteiger partial charge < -0.3 is 9.64 Å². The standard InChI is InChI=1S/C30H31FN4O3/c1-2-38-29(37)25-26(21-13-15-24(31)16-14-21)32-30(33-28(25)36)35-19-17-34(18-20-35)27(22-9-5-3-6-10-22)23-11-7-4-8-12-23/h3-16,25-27H,2,17-20H2,1H3,(H,32,33,36)/t25-,26+/m0/s1. The Morgan fingerprint density at radius 1 is 0.947 bits per heavy atom. The van der Waals surface area contributed by atoms with E-state index in [0.29, 0.717) is 24.6 Å². The smallest absolute Gasteiger partial charge is 0.321 e. The Labute approximate surface area is 221 Å². The molecule has 1 N–H and O–H groups in total. The predicted molar refractivity (Wildman–Crippen MR) is 143 cm³/mol. The zero-order valence-corrected chi connectivity index (χ0v) is 21.3. The van der Waals surface area contributed by atoms with Crippen LogP contribution in [0.3, 0.4) is 0 Å². The average molecular weight is 515 g/mol. The lowest BCUT2D eigenvalue weighted by molar-refractivity contribution is -0.153. The van der Waals surface area contributed by atoms with E-state index in [4.69, 9.17) is 9.73 Å². The third kappa shape index (κ3) is 5.45. The highest BCUT2D eigenvalue weighted by Gasteiger charge is 2.42. The van der Waals surface area contributed by atoms with E-state index in [1.165, 1.54) is 23.3 Å². The zero-order chi connectivity index (χ0) is 26.5. The van der Waals surface area contributed by atoms with Crippen LogP contribution in [-0.4, -0.2) is 60.4 Å². The van der Waals surface area contributed by atoms with E-state index in [0.717, 1.165) is 13.1 Å². The molecular formula is C30H31FN4O3. The maximum atomic E-state index is 13.6. The van der Waals surface area contributed by atoms with Gasteiger partial charge in [-0.25, -0.2) is 9.38 Å². The van der Waals surface area contributed by atoms with Gasteiger partial charge in [0.15, 0.2) is 5.92 Å². The number of nitrogens with zero attached hydrogens (tertiary/aromatic N) is 3. The van der Waals surface area contributed by atoms with Crippen molar-refractivity contribution in [1.82, 2.24) is 15.1 Å². The summed E-state index contributed by atoms with van der Waals surface area (Å²) < 4.78 is 18.8. The van der Waals surface area contributed by atoms with Crippen LogP contribution in [0.15, 0.2) is 89.9 Å². The predicted octanol–water partition coefficient (Wildman–Crippen LogP) is 3.94. The number of ether oxygens (including phenoxy) is 1. The van der Waals surface area contributed by atoms with Crippen LogP contribution in [-0.2, 0) is 14.3 Å². The molecule has 2 aliphatic rings. The molecule has 1 amide bonds. The molecule has 8 heteroatoms. The minimum Gasteiger partial charge on any atom is -0.465 e. The largest absolute Gasteiger partial charge is 0.465 e. The van der Waals surface area contributed by atoms with E-state index < -0.39 is 29.7 Å². The number of hydrogen-bond donors (Lipinski definition) is 1. The highest BCUT2D eigenvalue weighted by Crippen LogP contribution is 2.32.